The number of likely N-dealkylation sites (tertiary alicyclic amines) is 1. The van der Waals surface area contributed by atoms with Gasteiger partial charge in [0.25, 0.3) is 0 Å². The zero-order valence-electron chi connectivity index (χ0n) is 9.58. The summed E-state index contributed by atoms with van der Waals surface area (Å²) in [6.07, 6.45) is 2.68. The number of Topliss-reactive ketones (excluding diaryl/α,β-unsaturated/α-hetero) is 1. The van der Waals surface area contributed by atoms with Gasteiger partial charge in [-0.05, 0) is 13.3 Å². The van der Waals surface area contributed by atoms with Gasteiger partial charge in [-0.3, -0.25) is 14.5 Å². The van der Waals surface area contributed by atoms with Crippen molar-refractivity contribution in [2.75, 3.05) is 19.6 Å². The first-order valence-corrected chi connectivity index (χ1v) is 5.68. The zero-order valence-corrected chi connectivity index (χ0v) is 9.58. The highest BCUT2D eigenvalue weighted by atomic mass is 16.2. The Morgan fingerprint density at radius 3 is 2.87 bits per heavy atom. The molecule has 1 saturated heterocycles. The summed E-state index contributed by atoms with van der Waals surface area (Å²) in [4.78, 5) is 24.6. The number of carbonyl (C=O) groups excluding carboxylic acids is 2. The van der Waals surface area contributed by atoms with Crippen LogP contribution < -0.4 is 5.32 Å². The van der Waals surface area contributed by atoms with E-state index in [0.29, 0.717) is 13.0 Å². The highest BCUT2D eigenvalue weighted by Gasteiger charge is 2.27. The van der Waals surface area contributed by atoms with Crippen molar-refractivity contribution in [2.45, 2.75) is 39.2 Å². The number of amides is 1. The number of hydrogen-bond donors (Lipinski definition) is 1. The molecule has 1 heterocycles. The van der Waals surface area contributed by atoms with E-state index in [1.165, 1.54) is 0 Å². The van der Waals surface area contributed by atoms with Gasteiger partial charge in [-0.2, -0.15) is 0 Å². The Kier molecular flexibility index (Phi) is 4.75. The van der Waals surface area contributed by atoms with E-state index >= 15 is 0 Å². The van der Waals surface area contributed by atoms with Gasteiger partial charge < -0.3 is 5.32 Å². The van der Waals surface area contributed by atoms with Crippen LogP contribution in [0.3, 0.4) is 0 Å². The average molecular weight is 212 g/mol. The lowest BCUT2D eigenvalue weighted by Crippen LogP contribution is -2.44. The molecule has 1 fully saturated rings. The van der Waals surface area contributed by atoms with Gasteiger partial charge in [-0.15, -0.1) is 0 Å². The number of ketones is 1. The summed E-state index contributed by atoms with van der Waals surface area (Å²) in [7, 11) is 0. The van der Waals surface area contributed by atoms with Crippen LogP contribution >= 0.6 is 0 Å². The van der Waals surface area contributed by atoms with Crippen LogP contribution in [0.2, 0.25) is 0 Å². The van der Waals surface area contributed by atoms with Crippen LogP contribution in [0.4, 0.5) is 0 Å². The molecular formula is C11H20N2O2. The largest absolute Gasteiger partial charge is 0.355 e. The lowest BCUT2D eigenvalue weighted by molar-refractivity contribution is -0.125. The van der Waals surface area contributed by atoms with E-state index in [-0.39, 0.29) is 17.7 Å². The Morgan fingerprint density at radius 1 is 1.60 bits per heavy atom. The van der Waals surface area contributed by atoms with Gasteiger partial charge >= 0.3 is 0 Å². The fraction of sp³-hybridized carbons (Fsp3) is 0.818. The van der Waals surface area contributed by atoms with Crippen LogP contribution in [0.15, 0.2) is 0 Å². The molecule has 1 aliphatic rings. The summed E-state index contributed by atoms with van der Waals surface area (Å²) in [6.45, 7) is 5.85. The first-order chi connectivity index (χ1) is 7.15. The predicted molar refractivity (Wildman–Crippen MR) is 58.6 cm³/mol. The molecule has 1 atom stereocenters. The Bertz CT molecular complexity index is 241. The summed E-state index contributed by atoms with van der Waals surface area (Å²) in [5.41, 5.74) is 0. The Morgan fingerprint density at radius 2 is 2.33 bits per heavy atom. The summed E-state index contributed by atoms with van der Waals surface area (Å²) in [5.74, 6) is 0.279. The molecule has 0 aromatic carbocycles. The minimum Gasteiger partial charge on any atom is -0.355 e. The minimum atomic E-state index is -0.173. The van der Waals surface area contributed by atoms with Gasteiger partial charge in [0.15, 0.2) is 0 Å². The normalized spacial score (nSPS) is 19.2. The summed E-state index contributed by atoms with van der Waals surface area (Å²) < 4.78 is 0. The molecule has 4 heteroatoms. The van der Waals surface area contributed by atoms with Crippen molar-refractivity contribution in [2.24, 2.45) is 0 Å². The fourth-order valence-corrected chi connectivity index (χ4v) is 1.69. The quantitative estimate of drug-likeness (QED) is 0.678. The van der Waals surface area contributed by atoms with E-state index in [1.807, 2.05) is 11.8 Å². The average Bonchev–Trinajstić information content (AvgIpc) is 2.64. The van der Waals surface area contributed by atoms with Crippen LogP contribution in [0.25, 0.3) is 0 Å². The first-order valence-electron chi connectivity index (χ1n) is 5.68. The molecule has 0 saturated carbocycles. The van der Waals surface area contributed by atoms with E-state index < -0.39 is 0 Å². The van der Waals surface area contributed by atoms with Gasteiger partial charge in [-0.25, -0.2) is 0 Å². The summed E-state index contributed by atoms with van der Waals surface area (Å²) >= 11 is 0. The summed E-state index contributed by atoms with van der Waals surface area (Å²) in [5, 5.41) is 2.88. The molecular weight excluding hydrogens is 192 g/mol. The van der Waals surface area contributed by atoms with Crippen LogP contribution in [0.5, 0.6) is 0 Å². The van der Waals surface area contributed by atoms with E-state index in [9.17, 15) is 9.59 Å². The van der Waals surface area contributed by atoms with Crippen LogP contribution in [-0.4, -0.2) is 42.3 Å². The van der Waals surface area contributed by atoms with Gasteiger partial charge in [-0.1, -0.05) is 13.3 Å². The molecule has 1 amide bonds. The molecule has 1 rings (SSSR count). The van der Waals surface area contributed by atoms with E-state index in [0.717, 1.165) is 25.9 Å². The maximum Gasteiger partial charge on any atom is 0.237 e. The molecule has 0 aromatic heterocycles. The molecule has 0 bridgehead atoms. The Hall–Kier alpha value is -0.900. The fourth-order valence-electron chi connectivity index (χ4n) is 1.69. The van der Waals surface area contributed by atoms with Gasteiger partial charge in [0.2, 0.25) is 5.91 Å². The number of unbranched alkanes of at least 4 members (excludes halogenated alkanes) is 1. The van der Waals surface area contributed by atoms with E-state index in [4.69, 9.17) is 0 Å². The van der Waals surface area contributed by atoms with Gasteiger partial charge in [0, 0.05) is 19.5 Å². The highest BCUT2D eigenvalue weighted by Crippen LogP contribution is 2.08. The van der Waals surface area contributed by atoms with Crippen molar-refractivity contribution in [3.8, 4) is 0 Å². The Balaban J connectivity index is 2.29. The molecule has 0 aromatic rings. The number of rotatable bonds is 5. The van der Waals surface area contributed by atoms with Crippen LogP contribution in [0.1, 0.15) is 33.1 Å². The van der Waals surface area contributed by atoms with Gasteiger partial charge in [0.1, 0.15) is 5.78 Å². The second-order valence-corrected chi connectivity index (χ2v) is 4.08. The third-order valence-corrected chi connectivity index (χ3v) is 2.81. The molecule has 1 aliphatic heterocycles. The molecule has 15 heavy (non-hydrogen) atoms. The first kappa shape index (κ1) is 12.2. The number of nitrogens with zero attached hydrogens (tertiary/aromatic N) is 1. The number of hydrogen-bond acceptors (Lipinski definition) is 3. The van der Waals surface area contributed by atoms with Crippen molar-refractivity contribution < 1.29 is 9.59 Å². The third kappa shape index (κ3) is 3.63. The molecule has 1 N–H and O–H groups in total. The maximum atomic E-state index is 11.6. The molecule has 0 radical (unpaired) electrons. The monoisotopic (exact) mass is 212 g/mol. The van der Waals surface area contributed by atoms with E-state index in [2.05, 4.69) is 12.2 Å². The standard InChI is InChI=1S/C11H20N2O2/c1-3-4-6-12-11(15)9(2)13-7-5-10(14)8-13/h9H,3-8H2,1-2H3,(H,12,15). The van der Waals surface area contributed by atoms with E-state index in [1.54, 1.807) is 0 Å². The molecule has 0 spiro atoms. The SMILES string of the molecule is CCCCNC(=O)C(C)N1CCC(=O)C1. The second kappa shape index (κ2) is 5.85. The second-order valence-electron chi connectivity index (χ2n) is 4.08. The van der Waals surface area contributed by atoms with Crippen molar-refractivity contribution >= 4 is 11.7 Å². The Labute approximate surface area is 91.0 Å². The number of carbonyl (C=O) groups is 2. The lowest BCUT2D eigenvalue weighted by Gasteiger charge is -2.21. The predicted octanol–water partition coefficient (Wildman–Crippen LogP) is 0.566. The maximum absolute atomic E-state index is 11.6. The van der Waals surface area contributed by atoms with Crippen molar-refractivity contribution in [1.29, 1.82) is 0 Å². The van der Waals surface area contributed by atoms with Crippen molar-refractivity contribution in [3.63, 3.8) is 0 Å². The lowest BCUT2D eigenvalue weighted by atomic mass is 10.2. The number of nitrogens with one attached hydrogen (secondary N) is 1. The topological polar surface area (TPSA) is 49.4 Å². The van der Waals surface area contributed by atoms with Crippen LogP contribution in [0, 0.1) is 0 Å². The zero-order chi connectivity index (χ0) is 11.3. The molecule has 86 valence electrons. The highest BCUT2D eigenvalue weighted by molar-refractivity contribution is 5.86. The minimum absolute atomic E-state index is 0.0400. The van der Waals surface area contributed by atoms with Gasteiger partial charge in [0.05, 0.1) is 12.6 Å². The smallest absolute Gasteiger partial charge is 0.237 e. The van der Waals surface area contributed by atoms with Crippen molar-refractivity contribution in [3.05, 3.63) is 0 Å². The molecule has 4 nitrogen and oxygen atoms in total. The molecule has 1 unspecified atom stereocenters. The van der Waals surface area contributed by atoms with Crippen molar-refractivity contribution in [1.82, 2.24) is 10.2 Å². The molecule has 0 aliphatic carbocycles. The third-order valence-electron chi connectivity index (χ3n) is 2.81. The summed E-state index contributed by atoms with van der Waals surface area (Å²) in [6, 6.07) is -0.173. The van der Waals surface area contributed by atoms with Crippen LogP contribution in [-0.2, 0) is 9.59 Å².